The summed E-state index contributed by atoms with van der Waals surface area (Å²) in [5.41, 5.74) is 1.18. The molecule has 1 aliphatic rings. The van der Waals surface area contributed by atoms with Gasteiger partial charge in [-0.25, -0.2) is 0 Å². The molecule has 0 radical (unpaired) electrons. The normalized spacial score (nSPS) is 17.9. The van der Waals surface area contributed by atoms with Gasteiger partial charge >= 0.3 is 5.97 Å². The average Bonchev–Trinajstić information content (AvgIpc) is 2.51. The van der Waals surface area contributed by atoms with E-state index in [0.29, 0.717) is 11.8 Å². The third kappa shape index (κ3) is 5.81. The molecule has 1 aromatic carbocycles. The van der Waals surface area contributed by atoms with Crippen LogP contribution in [-0.2, 0) is 4.79 Å². The van der Waals surface area contributed by atoms with Crippen LogP contribution in [0.4, 0.5) is 0 Å². The Morgan fingerprint density at radius 2 is 2.13 bits per heavy atom. The molecule has 1 saturated heterocycles. The number of nitrogens with zero attached hydrogens (tertiary/aromatic N) is 1. The Morgan fingerprint density at radius 1 is 1.43 bits per heavy atom. The van der Waals surface area contributed by atoms with Crippen molar-refractivity contribution in [1.82, 2.24) is 4.90 Å². The van der Waals surface area contributed by atoms with Gasteiger partial charge in [0.05, 0.1) is 13.2 Å². The van der Waals surface area contributed by atoms with Gasteiger partial charge in [0.25, 0.3) is 0 Å². The molecule has 0 aliphatic carbocycles. The molecule has 128 valence electrons. The van der Waals surface area contributed by atoms with Gasteiger partial charge in [-0.3, -0.25) is 9.69 Å². The summed E-state index contributed by atoms with van der Waals surface area (Å²) in [4.78, 5) is 12.8. The molecule has 1 atom stereocenters. The van der Waals surface area contributed by atoms with E-state index in [0.717, 1.165) is 49.2 Å². The lowest BCUT2D eigenvalue weighted by atomic mass is 9.84. The van der Waals surface area contributed by atoms with Gasteiger partial charge in [-0.2, -0.15) is 0 Å². The zero-order valence-electron chi connectivity index (χ0n) is 13.9. The molecule has 23 heavy (non-hydrogen) atoms. The third-order valence-corrected chi connectivity index (χ3v) is 5.66. The Balaban J connectivity index is 1.70. The predicted octanol–water partition coefficient (Wildman–Crippen LogP) is 3.96. The summed E-state index contributed by atoms with van der Waals surface area (Å²) in [5.74, 6) is 1.48. The summed E-state index contributed by atoms with van der Waals surface area (Å²) in [6.07, 6.45) is 3.22. The summed E-state index contributed by atoms with van der Waals surface area (Å²) >= 11 is 3.50. The molecule has 1 aromatic rings. The molecule has 4 nitrogen and oxygen atoms in total. The van der Waals surface area contributed by atoms with E-state index < -0.39 is 5.97 Å². The van der Waals surface area contributed by atoms with E-state index in [1.54, 1.807) is 0 Å². The first kappa shape index (κ1) is 18.3. The maximum absolute atomic E-state index is 10.7. The van der Waals surface area contributed by atoms with Crippen LogP contribution in [0.5, 0.6) is 5.75 Å². The maximum atomic E-state index is 10.7. The molecule has 0 saturated carbocycles. The van der Waals surface area contributed by atoms with Crippen molar-refractivity contribution in [3.8, 4) is 5.75 Å². The lowest BCUT2D eigenvalue weighted by molar-refractivity contribution is -0.138. The van der Waals surface area contributed by atoms with E-state index in [4.69, 9.17) is 9.84 Å². The molecule has 2 rings (SSSR count). The molecule has 1 fully saturated rings. The summed E-state index contributed by atoms with van der Waals surface area (Å²) in [7, 11) is 0. The molecule has 0 spiro atoms. The first-order chi connectivity index (χ1) is 11.0. The summed E-state index contributed by atoms with van der Waals surface area (Å²) in [5, 5.41) is 8.84. The number of likely N-dealkylation sites (tertiary alicyclic amines) is 1. The van der Waals surface area contributed by atoms with Gasteiger partial charge in [-0.05, 0) is 74.9 Å². The van der Waals surface area contributed by atoms with Crippen molar-refractivity contribution in [2.24, 2.45) is 11.8 Å². The molecule has 0 unspecified atom stereocenters. The smallest absolute Gasteiger partial charge is 0.317 e. The van der Waals surface area contributed by atoms with Crippen LogP contribution >= 0.6 is 15.9 Å². The zero-order chi connectivity index (χ0) is 16.8. The van der Waals surface area contributed by atoms with Crippen molar-refractivity contribution in [3.05, 3.63) is 28.2 Å². The number of halogens is 1. The van der Waals surface area contributed by atoms with Crippen LogP contribution in [0.2, 0.25) is 0 Å². The van der Waals surface area contributed by atoms with Crippen molar-refractivity contribution < 1.29 is 14.6 Å². The second-order valence-electron chi connectivity index (χ2n) is 6.53. The van der Waals surface area contributed by atoms with E-state index in [2.05, 4.69) is 35.8 Å². The first-order valence-electron chi connectivity index (χ1n) is 8.29. The highest BCUT2D eigenvalue weighted by Crippen LogP contribution is 2.27. The van der Waals surface area contributed by atoms with Gasteiger partial charge in [0.15, 0.2) is 0 Å². The molecular weight excluding hydrogens is 358 g/mol. The fourth-order valence-electron chi connectivity index (χ4n) is 3.18. The van der Waals surface area contributed by atoms with Crippen LogP contribution in [-0.4, -0.2) is 42.2 Å². The van der Waals surface area contributed by atoms with E-state index in [-0.39, 0.29) is 6.54 Å². The summed E-state index contributed by atoms with van der Waals surface area (Å²) < 4.78 is 6.97. The fourth-order valence-corrected chi connectivity index (χ4v) is 3.42. The quantitative estimate of drug-likeness (QED) is 0.773. The topological polar surface area (TPSA) is 49.8 Å². The molecule has 1 heterocycles. The molecule has 5 heteroatoms. The van der Waals surface area contributed by atoms with Crippen LogP contribution in [0.25, 0.3) is 0 Å². The zero-order valence-corrected chi connectivity index (χ0v) is 15.5. The lowest BCUT2D eigenvalue weighted by Gasteiger charge is -2.34. The van der Waals surface area contributed by atoms with E-state index in [1.165, 1.54) is 5.56 Å². The third-order valence-electron chi connectivity index (χ3n) is 4.77. The number of rotatable bonds is 7. The van der Waals surface area contributed by atoms with Crippen molar-refractivity contribution in [2.45, 2.75) is 33.1 Å². The Hall–Kier alpha value is -1.07. The summed E-state index contributed by atoms with van der Waals surface area (Å²) in [6, 6.07) is 6.07. The molecule has 0 bridgehead atoms. The van der Waals surface area contributed by atoms with Gasteiger partial charge in [0.2, 0.25) is 0 Å². The van der Waals surface area contributed by atoms with E-state index >= 15 is 0 Å². The Morgan fingerprint density at radius 3 is 2.74 bits per heavy atom. The molecular formula is C18H26BrNO3. The Bertz CT molecular complexity index is 527. The number of carboxylic acid groups (broad SMARTS) is 1. The average molecular weight is 384 g/mol. The van der Waals surface area contributed by atoms with Gasteiger partial charge in [0.1, 0.15) is 5.75 Å². The van der Waals surface area contributed by atoms with Crippen LogP contribution in [0, 0.1) is 18.8 Å². The van der Waals surface area contributed by atoms with Crippen LogP contribution in [0.15, 0.2) is 22.7 Å². The van der Waals surface area contributed by atoms with Crippen molar-refractivity contribution >= 4 is 21.9 Å². The minimum absolute atomic E-state index is 0.174. The number of piperidine rings is 1. The largest absolute Gasteiger partial charge is 0.494 e. The number of benzene rings is 1. The van der Waals surface area contributed by atoms with Crippen molar-refractivity contribution in [3.63, 3.8) is 0 Å². The fraction of sp³-hybridized carbons (Fsp3) is 0.611. The SMILES string of the molecule is Cc1cc(OCC[C@H](C)C2CCN(CC(=O)O)CC2)ccc1Br. The molecule has 1 N–H and O–H groups in total. The highest BCUT2D eigenvalue weighted by Gasteiger charge is 2.24. The number of carboxylic acids is 1. The molecule has 0 aromatic heterocycles. The van der Waals surface area contributed by atoms with Gasteiger partial charge < -0.3 is 9.84 Å². The van der Waals surface area contributed by atoms with Crippen LogP contribution in [0.1, 0.15) is 31.7 Å². The number of hydrogen-bond acceptors (Lipinski definition) is 3. The lowest BCUT2D eigenvalue weighted by Crippen LogP contribution is -2.38. The van der Waals surface area contributed by atoms with Crippen LogP contribution < -0.4 is 4.74 Å². The minimum Gasteiger partial charge on any atom is -0.494 e. The minimum atomic E-state index is -0.727. The molecule has 0 amide bonds. The number of ether oxygens (including phenoxy) is 1. The van der Waals surface area contributed by atoms with Crippen LogP contribution in [0.3, 0.4) is 0 Å². The number of aliphatic carboxylic acids is 1. The van der Waals surface area contributed by atoms with Gasteiger partial charge in [0, 0.05) is 4.47 Å². The number of aryl methyl sites for hydroxylation is 1. The first-order valence-corrected chi connectivity index (χ1v) is 9.08. The highest BCUT2D eigenvalue weighted by molar-refractivity contribution is 9.10. The monoisotopic (exact) mass is 383 g/mol. The summed E-state index contributed by atoms with van der Waals surface area (Å²) in [6.45, 7) is 7.05. The Labute approximate surface area is 147 Å². The number of carbonyl (C=O) groups is 1. The second kappa shape index (κ2) is 8.69. The van der Waals surface area contributed by atoms with Crippen molar-refractivity contribution in [1.29, 1.82) is 0 Å². The Kier molecular flexibility index (Phi) is 6.90. The van der Waals surface area contributed by atoms with Gasteiger partial charge in [-0.1, -0.05) is 22.9 Å². The molecule has 1 aliphatic heterocycles. The predicted molar refractivity (Wildman–Crippen MR) is 95.0 cm³/mol. The second-order valence-corrected chi connectivity index (χ2v) is 7.39. The number of hydrogen-bond donors (Lipinski definition) is 1. The van der Waals surface area contributed by atoms with Gasteiger partial charge in [-0.15, -0.1) is 0 Å². The highest BCUT2D eigenvalue weighted by atomic mass is 79.9. The van der Waals surface area contributed by atoms with E-state index in [9.17, 15) is 4.79 Å². The van der Waals surface area contributed by atoms with E-state index in [1.807, 2.05) is 17.0 Å². The van der Waals surface area contributed by atoms with Crippen molar-refractivity contribution in [2.75, 3.05) is 26.2 Å². The maximum Gasteiger partial charge on any atom is 0.317 e. The standard InChI is InChI=1S/C18H26BrNO3/c1-13(15-5-8-20(9-6-15)12-18(21)22)7-10-23-16-3-4-17(19)14(2)11-16/h3-4,11,13,15H,5-10,12H2,1-2H3,(H,21,22)/t13-/m0/s1.